The molecule has 1 aromatic rings. The molecule has 0 saturated carbocycles. The molecule has 1 aromatic heterocycles. The van der Waals surface area contributed by atoms with Crippen LogP contribution in [0.1, 0.15) is 41.7 Å². The van der Waals surface area contributed by atoms with Crippen molar-refractivity contribution in [1.29, 1.82) is 0 Å². The van der Waals surface area contributed by atoms with E-state index in [0.29, 0.717) is 6.54 Å². The molecule has 1 amide bonds. The highest BCUT2D eigenvalue weighted by molar-refractivity contribution is 8.00. The van der Waals surface area contributed by atoms with Crippen LogP contribution < -0.4 is 5.32 Å². The Bertz CT molecular complexity index is 454. The third-order valence-corrected chi connectivity index (χ3v) is 3.30. The Morgan fingerprint density at radius 3 is 2.32 bits per heavy atom. The van der Waals surface area contributed by atoms with Crippen LogP contribution in [0.15, 0.2) is 12.4 Å². The van der Waals surface area contributed by atoms with E-state index < -0.39 is 5.97 Å². The third kappa shape index (κ3) is 5.69. The number of aromatic carboxylic acids is 1. The monoisotopic (exact) mass is 283 g/mol. The smallest absolute Gasteiger partial charge is 0.356 e. The van der Waals surface area contributed by atoms with E-state index in [2.05, 4.69) is 36.1 Å². The molecule has 0 aliphatic rings. The van der Waals surface area contributed by atoms with E-state index in [-0.39, 0.29) is 22.0 Å². The lowest BCUT2D eigenvalue weighted by Crippen LogP contribution is -2.28. The second-order valence-electron chi connectivity index (χ2n) is 4.81. The molecule has 0 radical (unpaired) electrons. The Morgan fingerprint density at radius 2 is 1.84 bits per heavy atom. The number of hydrogen-bond donors (Lipinski definition) is 2. The highest BCUT2D eigenvalue weighted by Crippen LogP contribution is 2.21. The van der Waals surface area contributed by atoms with Gasteiger partial charge in [-0.2, -0.15) is 11.8 Å². The number of hydrogen-bond acceptors (Lipinski definition) is 5. The van der Waals surface area contributed by atoms with Gasteiger partial charge in [0.1, 0.15) is 5.69 Å². The summed E-state index contributed by atoms with van der Waals surface area (Å²) < 4.78 is 0.160. The molecular formula is C12H17N3O3S. The highest BCUT2D eigenvalue weighted by Gasteiger charge is 2.12. The molecule has 2 N–H and O–H groups in total. The number of amides is 1. The minimum atomic E-state index is -1.17. The van der Waals surface area contributed by atoms with Crippen LogP contribution in [0.25, 0.3) is 0 Å². The summed E-state index contributed by atoms with van der Waals surface area (Å²) in [6, 6.07) is 0. The molecule has 1 rings (SSSR count). The Balaban J connectivity index is 2.43. The Labute approximate surface area is 116 Å². The fourth-order valence-electron chi connectivity index (χ4n) is 1.17. The largest absolute Gasteiger partial charge is 0.476 e. The molecule has 0 aromatic carbocycles. The second kappa shape index (κ2) is 6.51. The van der Waals surface area contributed by atoms with E-state index in [1.54, 1.807) is 11.8 Å². The van der Waals surface area contributed by atoms with Gasteiger partial charge in [-0.25, -0.2) is 14.8 Å². The van der Waals surface area contributed by atoms with Gasteiger partial charge in [0.15, 0.2) is 5.69 Å². The number of aromatic nitrogens is 2. The molecule has 6 nitrogen and oxygen atoms in total. The topological polar surface area (TPSA) is 92.2 Å². The summed E-state index contributed by atoms with van der Waals surface area (Å²) in [7, 11) is 0. The number of nitrogens with one attached hydrogen (secondary N) is 1. The predicted molar refractivity (Wildman–Crippen MR) is 73.5 cm³/mol. The lowest BCUT2D eigenvalue weighted by molar-refractivity contribution is 0.0689. The third-order valence-electron chi connectivity index (χ3n) is 2.03. The normalized spacial score (nSPS) is 11.1. The van der Waals surface area contributed by atoms with Crippen LogP contribution in [0, 0.1) is 0 Å². The maximum absolute atomic E-state index is 11.7. The Hall–Kier alpha value is -1.63. The molecule has 0 unspecified atom stereocenters. The SMILES string of the molecule is CC(C)(C)SCCNC(=O)c1cnc(C(=O)O)cn1. The minimum Gasteiger partial charge on any atom is -0.476 e. The molecule has 7 heteroatoms. The van der Waals surface area contributed by atoms with Crippen molar-refractivity contribution in [2.24, 2.45) is 0 Å². The van der Waals surface area contributed by atoms with Crippen molar-refractivity contribution in [2.75, 3.05) is 12.3 Å². The Morgan fingerprint density at radius 1 is 1.26 bits per heavy atom. The van der Waals surface area contributed by atoms with Crippen molar-refractivity contribution in [1.82, 2.24) is 15.3 Å². The van der Waals surface area contributed by atoms with Gasteiger partial charge in [0.25, 0.3) is 5.91 Å². The number of nitrogens with zero attached hydrogens (tertiary/aromatic N) is 2. The molecular weight excluding hydrogens is 266 g/mol. The number of carboxylic acid groups (broad SMARTS) is 1. The molecule has 0 saturated heterocycles. The first-order valence-electron chi connectivity index (χ1n) is 5.77. The van der Waals surface area contributed by atoms with Gasteiger partial charge < -0.3 is 10.4 Å². The van der Waals surface area contributed by atoms with Gasteiger partial charge in [-0.3, -0.25) is 4.79 Å². The van der Waals surface area contributed by atoms with Gasteiger partial charge in [0, 0.05) is 17.0 Å². The summed E-state index contributed by atoms with van der Waals surface area (Å²) in [6.45, 7) is 6.85. The fourth-order valence-corrected chi connectivity index (χ4v) is 1.98. The van der Waals surface area contributed by atoms with Crippen LogP contribution >= 0.6 is 11.8 Å². The minimum absolute atomic E-state index is 0.116. The number of thioether (sulfide) groups is 1. The van der Waals surface area contributed by atoms with Gasteiger partial charge >= 0.3 is 5.97 Å². The van der Waals surface area contributed by atoms with Crippen LogP contribution in [0.2, 0.25) is 0 Å². The summed E-state index contributed by atoms with van der Waals surface area (Å²) >= 11 is 1.75. The highest BCUT2D eigenvalue weighted by atomic mass is 32.2. The van der Waals surface area contributed by atoms with Crippen molar-refractivity contribution in [2.45, 2.75) is 25.5 Å². The van der Waals surface area contributed by atoms with E-state index >= 15 is 0 Å². The van der Waals surface area contributed by atoms with Crippen LogP contribution in [-0.4, -0.2) is 44.0 Å². The zero-order chi connectivity index (χ0) is 14.5. The van der Waals surface area contributed by atoms with E-state index in [4.69, 9.17) is 5.11 Å². The van der Waals surface area contributed by atoms with Gasteiger partial charge in [0.05, 0.1) is 12.4 Å². The van der Waals surface area contributed by atoms with E-state index in [0.717, 1.165) is 18.1 Å². The molecule has 0 atom stereocenters. The lowest BCUT2D eigenvalue weighted by atomic mass is 10.3. The van der Waals surface area contributed by atoms with Crippen LogP contribution in [0.4, 0.5) is 0 Å². The van der Waals surface area contributed by atoms with Gasteiger partial charge in [0.2, 0.25) is 0 Å². The average Bonchev–Trinajstić information content (AvgIpc) is 2.33. The maximum atomic E-state index is 11.7. The van der Waals surface area contributed by atoms with Crippen molar-refractivity contribution >= 4 is 23.6 Å². The molecule has 0 bridgehead atoms. The predicted octanol–water partition coefficient (Wildman–Crippen LogP) is 1.44. The van der Waals surface area contributed by atoms with Crippen molar-refractivity contribution in [3.63, 3.8) is 0 Å². The summed E-state index contributed by atoms with van der Waals surface area (Å²) in [5, 5.41) is 11.4. The molecule has 0 aliphatic heterocycles. The summed E-state index contributed by atoms with van der Waals surface area (Å²) in [5.74, 6) is -0.712. The van der Waals surface area contributed by atoms with Crippen LogP contribution in [0.3, 0.4) is 0 Å². The number of carboxylic acids is 1. The van der Waals surface area contributed by atoms with E-state index in [1.807, 2.05) is 0 Å². The summed E-state index contributed by atoms with van der Waals surface area (Å²) in [5.41, 5.74) is -0.0643. The van der Waals surface area contributed by atoms with Crippen molar-refractivity contribution in [3.8, 4) is 0 Å². The molecule has 104 valence electrons. The van der Waals surface area contributed by atoms with Gasteiger partial charge in [-0.15, -0.1) is 0 Å². The number of carbonyl (C=O) groups excluding carboxylic acids is 1. The number of carbonyl (C=O) groups is 2. The first-order chi connectivity index (χ1) is 8.79. The standard InChI is InChI=1S/C12H17N3O3S/c1-12(2,3)19-5-4-13-10(16)8-6-15-9(7-14-8)11(17)18/h6-7H,4-5H2,1-3H3,(H,13,16)(H,17,18). The zero-order valence-corrected chi connectivity index (χ0v) is 12.0. The first-order valence-corrected chi connectivity index (χ1v) is 6.75. The van der Waals surface area contributed by atoms with Gasteiger partial charge in [-0.1, -0.05) is 20.8 Å². The maximum Gasteiger partial charge on any atom is 0.356 e. The average molecular weight is 283 g/mol. The van der Waals surface area contributed by atoms with Crippen molar-refractivity contribution in [3.05, 3.63) is 23.8 Å². The Kier molecular flexibility index (Phi) is 5.29. The molecule has 0 fully saturated rings. The quantitative estimate of drug-likeness (QED) is 0.794. The molecule has 19 heavy (non-hydrogen) atoms. The second-order valence-corrected chi connectivity index (χ2v) is 6.73. The lowest BCUT2D eigenvalue weighted by Gasteiger charge is -2.17. The van der Waals surface area contributed by atoms with Gasteiger partial charge in [-0.05, 0) is 0 Å². The summed E-state index contributed by atoms with van der Waals surface area (Å²) in [4.78, 5) is 29.7. The number of rotatable bonds is 5. The van der Waals surface area contributed by atoms with Crippen LogP contribution in [0.5, 0.6) is 0 Å². The van der Waals surface area contributed by atoms with Crippen molar-refractivity contribution < 1.29 is 14.7 Å². The first kappa shape index (κ1) is 15.4. The van der Waals surface area contributed by atoms with E-state index in [9.17, 15) is 9.59 Å². The fraction of sp³-hybridized carbons (Fsp3) is 0.500. The molecule has 1 heterocycles. The molecule has 0 aliphatic carbocycles. The summed E-state index contributed by atoms with van der Waals surface area (Å²) in [6.07, 6.45) is 2.23. The van der Waals surface area contributed by atoms with Crippen LogP contribution in [-0.2, 0) is 0 Å². The molecule has 0 spiro atoms. The van der Waals surface area contributed by atoms with E-state index in [1.165, 1.54) is 0 Å². The zero-order valence-electron chi connectivity index (χ0n) is 11.1.